The van der Waals surface area contributed by atoms with Crippen LogP contribution in [0, 0.1) is 6.92 Å². The molecule has 1 amide bonds. The van der Waals surface area contributed by atoms with Crippen LogP contribution in [0.25, 0.3) is 0 Å². The Bertz CT molecular complexity index is 814. The quantitative estimate of drug-likeness (QED) is 0.881. The molecule has 0 atom stereocenters. The van der Waals surface area contributed by atoms with E-state index in [1.54, 1.807) is 26.1 Å². The van der Waals surface area contributed by atoms with Gasteiger partial charge < -0.3 is 10.3 Å². The van der Waals surface area contributed by atoms with Crippen LogP contribution in [-0.2, 0) is 17.1 Å². The number of halogens is 1. The van der Waals surface area contributed by atoms with E-state index in [2.05, 4.69) is 9.71 Å². The van der Waals surface area contributed by atoms with Gasteiger partial charge in [-0.15, -0.1) is 0 Å². The summed E-state index contributed by atoms with van der Waals surface area (Å²) in [5.41, 5.74) is 6.00. The molecule has 7 nitrogen and oxygen atoms in total. The van der Waals surface area contributed by atoms with Crippen LogP contribution < -0.4 is 10.5 Å². The Kier molecular flexibility index (Phi) is 3.93. The molecule has 0 radical (unpaired) electrons. The van der Waals surface area contributed by atoms with Crippen LogP contribution in [-0.4, -0.2) is 23.9 Å². The molecule has 0 spiro atoms. The summed E-state index contributed by atoms with van der Waals surface area (Å²) in [6.07, 6.45) is 1.28. The second-order valence-corrected chi connectivity index (χ2v) is 6.37. The number of carbonyl (C=O) groups excluding carboxylic acids is 1. The van der Waals surface area contributed by atoms with Crippen molar-refractivity contribution in [2.45, 2.75) is 11.9 Å². The van der Waals surface area contributed by atoms with Crippen molar-refractivity contribution < 1.29 is 13.2 Å². The lowest BCUT2D eigenvalue weighted by molar-refractivity contribution is 0.100. The maximum absolute atomic E-state index is 12.3. The highest BCUT2D eigenvalue weighted by molar-refractivity contribution is 7.92. The molecule has 1 aromatic carbocycles. The fourth-order valence-corrected chi connectivity index (χ4v) is 3.35. The van der Waals surface area contributed by atoms with Gasteiger partial charge in [0.2, 0.25) is 5.03 Å². The lowest BCUT2D eigenvalue weighted by Crippen LogP contribution is -2.20. The molecule has 0 saturated heterocycles. The van der Waals surface area contributed by atoms with Crippen molar-refractivity contribution in [1.29, 1.82) is 0 Å². The molecule has 9 heteroatoms. The highest BCUT2D eigenvalue weighted by Crippen LogP contribution is 2.26. The van der Waals surface area contributed by atoms with Crippen molar-refractivity contribution in [1.82, 2.24) is 9.55 Å². The third-order valence-corrected chi connectivity index (χ3v) is 4.70. The smallest absolute Gasteiger partial charge is 0.282 e. The van der Waals surface area contributed by atoms with Gasteiger partial charge in [0.05, 0.1) is 17.6 Å². The number of carbonyl (C=O) groups is 1. The average Bonchev–Trinajstić information content (AvgIpc) is 2.72. The van der Waals surface area contributed by atoms with E-state index in [4.69, 9.17) is 17.3 Å². The molecular formula is C12H13ClN4O3S. The zero-order chi connectivity index (χ0) is 15.8. The molecule has 112 valence electrons. The van der Waals surface area contributed by atoms with Crippen molar-refractivity contribution in [2.75, 3.05) is 4.72 Å². The normalized spacial score (nSPS) is 11.4. The van der Waals surface area contributed by atoms with E-state index in [1.165, 1.54) is 17.0 Å². The van der Waals surface area contributed by atoms with Crippen LogP contribution in [0.15, 0.2) is 29.6 Å². The van der Waals surface area contributed by atoms with E-state index in [0.717, 1.165) is 0 Å². The molecule has 1 aromatic heterocycles. The summed E-state index contributed by atoms with van der Waals surface area (Å²) < 4.78 is 28.4. The molecule has 1 heterocycles. The Morgan fingerprint density at radius 2 is 2.10 bits per heavy atom. The van der Waals surface area contributed by atoms with Crippen LogP contribution in [0.3, 0.4) is 0 Å². The molecule has 21 heavy (non-hydrogen) atoms. The number of primary amides is 1. The van der Waals surface area contributed by atoms with Gasteiger partial charge in [-0.3, -0.25) is 9.52 Å². The third-order valence-electron chi connectivity index (χ3n) is 2.86. The number of hydrogen-bond acceptors (Lipinski definition) is 4. The molecular weight excluding hydrogens is 316 g/mol. The summed E-state index contributed by atoms with van der Waals surface area (Å²) in [5.74, 6) is -0.733. The lowest BCUT2D eigenvalue weighted by atomic mass is 10.1. The largest absolute Gasteiger partial charge is 0.366 e. The summed E-state index contributed by atoms with van der Waals surface area (Å²) in [4.78, 5) is 15.2. The molecule has 0 aliphatic rings. The number of sulfonamides is 1. The topological polar surface area (TPSA) is 107 Å². The second kappa shape index (κ2) is 5.38. The van der Waals surface area contributed by atoms with Crippen molar-refractivity contribution in [3.8, 4) is 0 Å². The number of benzene rings is 1. The number of imidazole rings is 1. The maximum atomic E-state index is 12.3. The Morgan fingerprint density at radius 3 is 2.62 bits per heavy atom. The predicted octanol–water partition coefficient (Wildman–Crippen LogP) is 1.28. The molecule has 0 unspecified atom stereocenters. The first-order chi connectivity index (χ1) is 9.74. The fraction of sp³-hybridized carbons (Fsp3) is 0.167. The fourth-order valence-electron chi connectivity index (χ4n) is 1.77. The van der Waals surface area contributed by atoms with Crippen LogP contribution in [0.5, 0.6) is 0 Å². The number of nitrogens with two attached hydrogens (primary N) is 1. The van der Waals surface area contributed by atoms with Gasteiger partial charge in [-0.05, 0) is 18.6 Å². The van der Waals surface area contributed by atoms with E-state index in [1.807, 2.05) is 0 Å². The van der Waals surface area contributed by atoms with Crippen molar-refractivity contribution in [2.24, 2.45) is 12.8 Å². The summed E-state index contributed by atoms with van der Waals surface area (Å²) >= 11 is 5.89. The van der Waals surface area contributed by atoms with Crippen molar-refractivity contribution in [3.05, 3.63) is 40.8 Å². The summed E-state index contributed by atoms with van der Waals surface area (Å²) in [5, 5.41) is -0.345. The molecule has 0 aliphatic carbocycles. The van der Waals surface area contributed by atoms with Crippen molar-refractivity contribution in [3.63, 3.8) is 0 Å². The number of hydrogen-bond donors (Lipinski definition) is 2. The van der Waals surface area contributed by atoms with E-state index in [0.29, 0.717) is 5.56 Å². The minimum Gasteiger partial charge on any atom is -0.366 e. The first-order valence-electron chi connectivity index (χ1n) is 5.83. The number of aromatic nitrogens is 2. The van der Waals surface area contributed by atoms with Crippen molar-refractivity contribution >= 4 is 33.2 Å². The molecule has 3 N–H and O–H groups in total. The van der Waals surface area contributed by atoms with Crippen LogP contribution in [0.2, 0.25) is 5.15 Å². The number of aryl methyl sites for hydroxylation is 2. The number of nitrogens with one attached hydrogen (secondary N) is 1. The Balaban J connectivity index is 2.52. The van der Waals surface area contributed by atoms with Crippen LogP contribution in [0.4, 0.5) is 5.69 Å². The molecule has 2 rings (SSSR count). The zero-order valence-corrected chi connectivity index (χ0v) is 12.9. The van der Waals surface area contributed by atoms with Crippen LogP contribution in [0.1, 0.15) is 15.9 Å². The average molecular weight is 329 g/mol. The van der Waals surface area contributed by atoms with Gasteiger partial charge in [-0.2, -0.15) is 8.42 Å². The van der Waals surface area contributed by atoms with Gasteiger partial charge in [-0.1, -0.05) is 23.7 Å². The van der Waals surface area contributed by atoms with Crippen LogP contribution >= 0.6 is 11.6 Å². The number of rotatable bonds is 4. The monoisotopic (exact) mass is 328 g/mol. The number of amides is 1. The predicted molar refractivity (Wildman–Crippen MR) is 78.7 cm³/mol. The van der Waals surface area contributed by atoms with E-state index in [-0.39, 0.29) is 21.4 Å². The summed E-state index contributed by atoms with van der Waals surface area (Å²) in [6.45, 7) is 1.66. The van der Waals surface area contributed by atoms with Gasteiger partial charge in [0.25, 0.3) is 15.9 Å². The Hall–Kier alpha value is -2.06. The number of anilines is 1. The third kappa shape index (κ3) is 2.86. The van der Waals surface area contributed by atoms with Gasteiger partial charge in [0, 0.05) is 7.05 Å². The molecule has 0 aliphatic heterocycles. The highest BCUT2D eigenvalue weighted by Gasteiger charge is 2.24. The van der Waals surface area contributed by atoms with Gasteiger partial charge in [0.15, 0.2) is 0 Å². The molecule has 2 aromatic rings. The Morgan fingerprint density at radius 1 is 1.43 bits per heavy atom. The van der Waals surface area contributed by atoms with Gasteiger partial charge >= 0.3 is 0 Å². The minimum absolute atomic E-state index is 0.0308. The molecule has 0 saturated carbocycles. The Labute approximate surface area is 126 Å². The zero-order valence-electron chi connectivity index (χ0n) is 11.3. The van der Waals surface area contributed by atoms with E-state index < -0.39 is 15.9 Å². The lowest BCUT2D eigenvalue weighted by Gasteiger charge is -2.12. The van der Waals surface area contributed by atoms with Gasteiger partial charge in [-0.25, -0.2) is 4.98 Å². The maximum Gasteiger partial charge on any atom is 0.282 e. The minimum atomic E-state index is -4.02. The van der Waals surface area contributed by atoms with Gasteiger partial charge in [0.1, 0.15) is 5.15 Å². The first kappa shape index (κ1) is 15.3. The molecule has 0 bridgehead atoms. The standard InChI is InChI=1S/C12H13ClN4O3S/c1-7-4-3-5-8(11(14)18)9(7)16-21(19,20)12-10(13)17(2)6-15-12/h3-6,16H,1-2H3,(H2,14,18). The van der Waals surface area contributed by atoms with E-state index in [9.17, 15) is 13.2 Å². The second-order valence-electron chi connectivity index (χ2n) is 4.42. The summed E-state index contributed by atoms with van der Waals surface area (Å²) in [6, 6.07) is 4.71. The number of nitrogens with zero attached hydrogens (tertiary/aromatic N) is 2. The first-order valence-corrected chi connectivity index (χ1v) is 7.69. The summed E-state index contributed by atoms with van der Waals surface area (Å²) in [7, 11) is -2.46. The highest BCUT2D eigenvalue weighted by atomic mass is 35.5. The molecule has 0 fully saturated rings. The van der Waals surface area contributed by atoms with E-state index >= 15 is 0 Å². The SMILES string of the molecule is Cc1cccc(C(N)=O)c1NS(=O)(=O)c1ncn(C)c1Cl. The number of para-hydroxylation sites is 1.